The molecule has 0 saturated carbocycles. The molecule has 25 heavy (non-hydrogen) atoms. The number of hydrogen-bond acceptors (Lipinski definition) is 2. The standard InChI is InChI=1S/C23H30O2/c1-22(2,3)18-11-9-14-15-10-12-19(23(4,5)6)21(25-8)17(15)13-16(14)20(18)24-7/h9-12H,13H2,1-8H3. The number of fused-ring (bicyclic) bond motifs is 3. The highest BCUT2D eigenvalue weighted by Gasteiger charge is 2.32. The van der Waals surface area contributed by atoms with Crippen molar-refractivity contribution < 1.29 is 9.47 Å². The summed E-state index contributed by atoms with van der Waals surface area (Å²) >= 11 is 0. The second kappa shape index (κ2) is 5.79. The molecule has 2 aromatic rings. The molecule has 0 fully saturated rings. The SMILES string of the molecule is COc1c(C(C)(C)C)ccc2c1Cc1c-2ccc(C(C)(C)C)c1OC. The van der Waals surface area contributed by atoms with Crippen LogP contribution in [0.4, 0.5) is 0 Å². The fraction of sp³-hybridized carbons (Fsp3) is 0.478. The first-order valence-corrected chi connectivity index (χ1v) is 9.00. The van der Waals surface area contributed by atoms with Crippen molar-refractivity contribution in [2.24, 2.45) is 0 Å². The highest BCUT2D eigenvalue weighted by Crippen LogP contribution is 2.50. The van der Waals surface area contributed by atoms with Crippen LogP contribution in [0, 0.1) is 0 Å². The predicted molar refractivity (Wildman–Crippen MR) is 105 cm³/mol. The van der Waals surface area contributed by atoms with Gasteiger partial charge in [-0.15, -0.1) is 0 Å². The highest BCUT2D eigenvalue weighted by molar-refractivity contribution is 5.83. The van der Waals surface area contributed by atoms with E-state index in [1.165, 1.54) is 33.4 Å². The molecule has 0 aliphatic heterocycles. The quantitative estimate of drug-likeness (QED) is 0.582. The van der Waals surface area contributed by atoms with Gasteiger partial charge in [-0.1, -0.05) is 65.8 Å². The van der Waals surface area contributed by atoms with Gasteiger partial charge in [0.15, 0.2) is 0 Å². The smallest absolute Gasteiger partial charge is 0.126 e. The molecule has 0 heterocycles. The molecule has 2 heteroatoms. The van der Waals surface area contributed by atoms with Gasteiger partial charge in [0, 0.05) is 17.5 Å². The summed E-state index contributed by atoms with van der Waals surface area (Å²) in [7, 11) is 3.57. The third-order valence-electron chi connectivity index (χ3n) is 5.19. The summed E-state index contributed by atoms with van der Waals surface area (Å²) in [5, 5.41) is 0. The van der Waals surface area contributed by atoms with Crippen LogP contribution in [0.15, 0.2) is 24.3 Å². The molecule has 0 aromatic heterocycles. The van der Waals surface area contributed by atoms with Crippen molar-refractivity contribution in [3.63, 3.8) is 0 Å². The van der Waals surface area contributed by atoms with Crippen LogP contribution in [0.25, 0.3) is 11.1 Å². The van der Waals surface area contributed by atoms with Gasteiger partial charge in [0.05, 0.1) is 14.2 Å². The Morgan fingerprint density at radius 3 is 1.28 bits per heavy atom. The first-order chi connectivity index (χ1) is 11.6. The molecule has 0 bridgehead atoms. The van der Waals surface area contributed by atoms with Gasteiger partial charge in [0.25, 0.3) is 0 Å². The van der Waals surface area contributed by atoms with Gasteiger partial charge in [-0.3, -0.25) is 0 Å². The van der Waals surface area contributed by atoms with E-state index in [0.717, 1.165) is 17.9 Å². The first kappa shape index (κ1) is 17.8. The summed E-state index contributed by atoms with van der Waals surface area (Å²) in [5.74, 6) is 2.06. The van der Waals surface area contributed by atoms with Crippen LogP contribution in [0.3, 0.4) is 0 Å². The lowest BCUT2D eigenvalue weighted by molar-refractivity contribution is 0.390. The zero-order valence-corrected chi connectivity index (χ0v) is 16.8. The van der Waals surface area contributed by atoms with E-state index in [4.69, 9.17) is 9.47 Å². The van der Waals surface area contributed by atoms with Gasteiger partial charge in [-0.05, 0) is 33.1 Å². The summed E-state index contributed by atoms with van der Waals surface area (Å²) in [6.45, 7) is 13.4. The fourth-order valence-corrected chi connectivity index (χ4v) is 3.94. The Labute approximate surface area is 152 Å². The topological polar surface area (TPSA) is 18.5 Å². The van der Waals surface area contributed by atoms with Crippen molar-refractivity contribution in [2.75, 3.05) is 14.2 Å². The van der Waals surface area contributed by atoms with E-state index in [0.29, 0.717) is 0 Å². The average molecular weight is 338 g/mol. The lowest BCUT2D eigenvalue weighted by Gasteiger charge is -2.24. The Morgan fingerprint density at radius 1 is 0.640 bits per heavy atom. The first-order valence-electron chi connectivity index (χ1n) is 9.00. The largest absolute Gasteiger partial charge is 0.496 e. The second-order valence-corrected chi connectivity index (χ2v) is 9.02. The molecule has 2 nitrogen and oxygen atoms in total. The van der Waals surface area contributed by atoms with Crippen LogP contribution in [0.1, 0.15) is 63.8 Å². The van der Waals surface area contributed by atoms with Gasteiger partial charge in [0.2, 0.25) is 0 Å². The van der Waals surface area contributed by atoms with E-state index in [9.17, 15) is 0 Å². The minimum atomic E-state index is 0.0514. The Bertz CT molecular complexity index is 748. The van der Waals surface area contributed by atoms with E-state index >= 15 is 0 Å². The van der Waals surface area contributed by atoms with E-state index in [2.05, 4.69) is 65.8 Å². The highest BCUT2D eigenvalue weighted by atomic mass is 16.5. The van der Waals surface area contributed by atoms with Crippen LogP contribution in [-0.2, 0) is 17.3 Å². The number of rotatable bonds is 2. The Morgan fingerprint density at radius 2 is 1.00 bits per heavy atom. The molecular formula is C23H30O2. The van der Waals surface area contributed by atoms with Crippen LogP contribution in [0.5, 0.6) is 11.5 Å². The molecule has 0 N–H and O–H groups in total. The van der Waals surface area contributed by atoms with Gasteiger partial charge in [-0.25, -0.2) is 0 Å². The van der Waals surface area contributed by atoms with Gasteiger partial charge < -0.3 is 9.47 Å². The Kier molecular flexibility index (Phi) is 4.14. The maximum absolute atomic E-state index is 5.88. The molecule has 0 atom stereocenters. The maximum Gasteiger partial charge on any atom is 0.126 e. The lowest BCUT2D eigenvalue weighted by Crippen LogP contribution is -2.14. The molecule has 134 valence electrons. The molecular weight excluding hydrogens is 308 g/mol. The fourth-order valence-electron chi connectivity index (χ4n) is 3.94. The van der Waals surface area contributed by atoms with Crippen molar-refractivity contribution >= 4 is 0 Å². The zero-order chi connectivity index (χ0) is 18.6. The zero-order valence-electron chi connectivity index (χ0n) is 16.8. The minimum absolute atomic E-state index is 0.0514. The number of methoxy groups -OCH3 is 2. The number of hydrogen-bond donors (Lipinski definition) is 0. The second-order valence-electron chi connectivity index (χ2n) is 9.02. The van der Waals surface area contributed by atoms with Crippen LogP contribution >= 0.6 is 0 Å². The number of ether oxygens (including phenoxy) is 2. The molecule has 0 unspecified atom stereocenters. The van der Waals surface area contributed by atoms with Gasteiger partial charge in [0.1, 0.15) is 11.5 Å². The van der Waals surface area contributed by atoms with Crippen molar-refractivity contribution in [3.8, 4) is 22.6 Å². The van der Waals surface area contributed by atoms with Crippen LogP contribution < -0.4 is 9.47 Å². The van der Waals surface area contributed by atoms with Crippen molar-refractivity contribution in [2.45, 2.75) is 58.8 Å². The molecule has 0 radical (unpaired) electrons. The van der Waals surface area contributed by atoms with Crippen molar-refractivity contribution in [3.05, 3.63) is 46.5 Å². The summed E-state index contributed by atoms with van der Waals surface area (Å²) in [6, 6.07) is 8.94. The van der Waals surface area contributed by atoms with Crippen molar-refractivity contribution in [1.29, 1.82) is 0 Å². The molecule has 0 saturated heterocycles. The van der Waals surface area contributed by atoms with E-state index < -0.39 is 0 Å². The van der Waals surface area contributed by atoms with Crippen LogP contribution in [-0.4, -0.2) is 14.2 Å². The summed E-state index contributed by atoms with van der Waals surface area (Å²) in [4.78, 5) is 0. The number of benzene rings is 2. The van der Waals surface area contributed by atoms with E-state index in [-0.39, 0.29) is 10.8 Å². The third kappa shape index (κ3) is 2.82. The third-order valence-corrected chi connectivity index (χ3v) is 5.19. The van der Waals surface area contributed by atoms with Gasteiger partial charge in [-0.2, -0.15) is 0 Å². The molecule has 2 aromatic carbocycles. The summed E-state index contributed by atoms with van der Waals surface area (Å²) < 4.78 is 11.8. The molecule has 3 rings (SSSR count). The molecule has 1 aliphatic rings. The Hall–Kier alpha value is -1.96. The normalized spacial score (nSPS) is 13.4. The van der Waals surface area contributed by atoms with Crippen molar-refractivity contribution in [1.82, 2.24) is 0 Å². The predicted octanol–water partition coefficient (Wildman–Crippen LogP) is 5.87. The van der Waals surface area contributed by atoms with Gasteiger partial charge >= 0.3 is 0 Å². The van der Waals surface area contributed by atoms with E-state index in [1.807, 2.05) is 0 Å². The van der Waals surface area contributed by atoms with Crippen LogP contribution in [0.2, 0.25) is 0 Å². The molecule has 1 aliphatic carbocycles. The molecule has 0 spiro atoms. The Balaban J connectivity index is 2.24. The monoisotopic (exact) mass is 338 g/mol. The summed E-state index contributed by atoms with van der Waals surface area (Å²) in [5.41, 5.74) is 7.75. The molecule has 0 amide bonds. The van der Waals surface area contributed by atoms with E-state index in [1.54, 1.807) is 14.2 Å². The average Bonchev–Trinajstić information content (AvgIpc) is 2.89. The maximum atomic E-state index is 5.88. The lowest BCUT2D eigenvalue weighted by atomic mass is 9.84. The summed E-state index contributed by atoms with van der Waals surface area (Å²) in [6.07, 6.45) is 0.866. The minimum Gasteiger partial charge on any atom is -0.496 e.